The van der Waals surface area contributed by atoms with Crippen LogP contribution in [0.25, 0.3) is 11.0 Å². The molecule has 2 aromatic carbocycles. The van der Waals surface area contributed by atoms with Crippen LogP contribution in [0.15, 0.2) is 61.9 Å². The molecule has 3 aromatic rings. The minimum atomic E-state index is -1.88. The molecule has 184 valence electrons. The van der Waals surface area contributed by atoms with E-state index in [1.807, 2.05) is 0 Å². The highest BCUT2D eigenvalue weighted by molar-refractivity contribution is 6.35. The minimum absolute atomic E-state index is 0.0120. The van der Waals surface area contributed by atoms with Crippen LogP contribution in [0, 0.1) is 5.92 Å². The SMILES string of the molecule is COc1cc(OC)c2c(c1Cl)OC1(C2=O)C(O)=C(C=Nc2ccc3oc(=O)ccc3c2)C(=O)CC1C. The monoisotopic (exact) mass is 509 g/mol. The summed E-state index contributed by atoms with van der Waals surface area (Å²) in [5, 5.41) is 12.0. The van der Waals surface area contributed by atoms with Crippen LogP contribution in [0.4, 0.5) is 5.69 Å². The van der Waals surface area contributed by atoms with Crippen LogP contribution in [-0.4, -0.2) is 42.7 Å². The first-order valence-electron chi connectivity index (χ1n) is 10.9. The number of allylic oxidation sites excluding steroid dienone is 1. The van der Waals surface area contributed by atoms with Gasteiger partial charge in [0.05, 0.1) is 25.5 Å². The van der Waals surface area contributed by atoms with Crippen molar-refractivity contribution in [2.24, 2.45) is 10.9 Å². The third kappa shape index (κ3) is 3.38. The Hall–Kier alpha value is -4.11. The number of aliphatic hydroxyl groups is 1. The Balaban J connectivity index is 1.61. The van der Waals surface area contributed by atoms with Crippen LogP contribution in [0.2, 0.25) is 5.02 Å². The number of nitrogens with zero attached hydrogens (tertiary/aromatic N) is 1. The van der Waals surface area contributed by atoms with Gasteiger partial charge in [-0.1, -0.05) is 18.5 Å². The molecule has 0 saturated carbocycles. The lowest BCUT2D eigenvalue weighted by atomic mass is 9.73. The summed E-state index contributed by atoms with van der Waals surface area (Å²) in [5.41, 5.74) is -1.63. The van der Waals surface area contributed by atoms with Gasteiger partial charge in [-0.25, -0.2) is 4.79 Å². The molecular formula is C26H20ClNO8. The molecule has 2 heterocycles. The van der Waals surface area contributed by atoms with Crippen molar-refractivity contribution in [1.82, 2.24) is 0 Å². The number of ketones is 2. The van der Waals surface area contributed by atoms with E-state index < -0.39 is 34.5 Å². The molecule has 5 rings (SSSR count). The second kappa shape index (κ2) is 8.53. The third-order valence-corrected chi connectivity index (χ3v) is 6.82. The number of fused-ring (bicyclic) bond motifs is 2. The van der Waals surface area contributed by atoms with Gasteiger partial charge in [-0.15, -0.1) is 0 Å². The smallest absolute Gasteiger partial charge is 0.336 e. The summed E-state index contributed by atoms with van der Waals surface area (Å²) >= 11 is 6.43. The number of halogens is 1. The van der Waals surface area contributed by atoms with Crippen molar-refractivity contribution in [2.75, 3.05) is 14.2 Å². The van der Waals surface area contributed by atoms with Crippen LogP contribution in [0.5, 0.6) is 17.2 Å². The Morgan fingerprint density at radius 1 is 1.11 bits per heavy atom. The highest BCUT2D eigenvalue weighted by Gasteiger charge is 2.60. The van der Waals surface area contributed by atoms with Gasteiger partial charge < -0.3 is 23.7 Å². The number of benzene rings is 2. The standard InChI is InChI=1S/C26H20ClNO8/c1-12-8-16(29)15(11-28-14-5-6-17-13(9-14)4-7-20(30)35-17)24(31)26(12)25(32)21-18(33-2)10-19(34-3)22(27)23(21)36-26/h4-7,9-12,31H,8H2,1-3H3. The number of hydrogen-bond donors (Lipinski definition) is 1. The van der Waals surface area contributed by atoms with E-state index in [1.165, 1.54) is 32.6 Å². The molecular weight excluding hydrogens is 490 g/mol. The number of methoxy groups -OCH3 is 2. The fraction of sp³-hybridized carbons (Fsp3) is 0.231. The molecule has 2 aliphatic rings. The molecule has 0 saturated heterocycles. The highest BCUT2D eigenvalue weighted by atomic mass is 35.5. The first kappa shape index (κ1) is 23.6. The Morgan fingerprint density at radius 3 is 2.58 bits per heavy atom. The molecule has 1 aliphatic carbocycles. The Morgan fingerprint density at radius 2 is 1.86 bits per heavy atom. The van der Waals surface area contributed by atoms with Gasteiger partial charge in [-0.2, -0.15) is 0 Å². The van der Waals surface area contributed by atoms with Crippen molar-refractivity contribution in [1.29, 1.82) is 0 Å². The van der Waals surface area contributed by atoms with E-state index in [0.717, 1.165) is 0 Å². The number of aliphatic imine (C=N–C) groups is 1. The summed E-state index contributed by atoms with van der Waals surface area (Å²) in [7, 11) is 2.80. The van der Waals surface area contributed by atoms with E-state index in [0.29, 0.717) is 16.7 Å². The number of Topliss-reactive ketones (excluding diaryl/α,β-unsaturated/α-hetero) is 2. The first-order valence-corrected chi connectivity index (χ1v) is 11.3. The number of carbonyl (C=O) groups excluding carboxylic acids is 2. The summed E-state index contributed by atoms with van der Waals surface area (Å²) in [6, 6.07) is 9.16. The molecule has 10 heteroatoms. The van der Waals surface area contributed by atoms with Gasteiger partial charge in [-0.3, -0.25) is 14.6 Å². The number of hydrogen-bond acceptors (Lipinski definition) is 9. The average Bonchev–Trinajstić information content (AvgIpc) is 3.18. The average molecular weight is 510 g/mol. The number of aliphatic hydroxyl groups excluding tert-OH is 1. The van der Waals surface area contributed by atoms with Gasteiger partial charge in [0.25, 0.3) is 0 Å². The second-order valence-corrected chi connectivity index (χ2v) is 8.87. The van der Waals surface area contributed by atoms with Gasteiger partial charge in [-0.05, 0) is 24.3 Å². The van der Waals surface area contributed by atoms with Crippen LogP contribution in [-0.2, 0) is 4.79 Å². The lowest BCUT2D eigenvalue weighted by molar-refractivity contribution is -0.118. The maximum atomic E-state index is 13.7. The molecule has 0 fully saturated rings. The molecule has 36 heavy (non-hydrogen) atoms. The molecule has 0 amide bonds. The van der Waals surface area contributed by atoms with E-state index in [-0.39, 0.29) is 39.8 Å². The topological polar surface area (TPSA) is 125 Å². The zero-order chi connectivity index (χ0) is 25.8. The van der Waals surface area contributed by atoms with Gasteiger partial charge in [0.1, 0.15) is 27.7 Å². The molecule has 2 unspecified atom stereocenters. The fourth-order valence-electron chi connectivity index (χ4n) is 4.59. The summed E-state index contributed by atoms with van der Waals surface area (Å²) in [5.74, 6) is -1.83. The van der Waals surface area contributed by atoms with Gasteiger partial charge in [0, 0.05) is 36.1 Å². The number of carbonyl (C=O) groups is 2. The predicted molar refractivity (Wildman–Crippen MR) is 131 cm³/mol. The second-order valence-electron chi connectivity index (χ2n) is 8.49. The third-order valence-electron chi connectivity index (χ3n) is 6.46. The lowest BCUT2D eigenvalue weighted by Gasteiger charge is -2.36. The van der Waals surface area contributed by atoms with Crippen LogP contribution in [0.1, 0.15) is 23.7 Å². The van der Waals surface area contributed by atoms with Crippen molar-refractivity contribution < 1.29 is 33.3 Å². The Kier molecular flexibility index (Phi) is 5.60. The molecule has 9 nitrogen and oxygen atoms in total. The summed E-state index contributed by atoms with van der Waals surface area (Å²) in [4.78, 5) is 42.3. The normalized spacial score (nSPS) is 21.4. The molecule has 0 radical (unpaired) electrons. The van der Waals surface area contributed by atoms with Crippen molar-refractivity contribution in [3.05, 3.63) is 68.7 Å². The lowest BCUT2D eigenvalue weighted by Crippen LogP contribution is -2.52. The van der Waals surface area contributed by atoms with E-state index in [1.54, 1.807) is 31.2 Å². The van der Waals surface area contributed by atoms with E-state index in [9.17, 15) is 19.5 Å². The first-order chi connectivity index (χ1) is 17.2. The zero-order valence-electron chi connectivity index (χ0n) is 19.5. The maximum Gasteiger partial charge on any atom is 0.336 e. The summed E-state index contributed by atoms with van der Waals surface area (Å²) < 4.78 is 21.8. The summed E-state index contributed by atoms with van der Waals surface area (Å²) in [6.07, 6.45) is 1.12. The van der Waals surface area contributed by atoms with Crippen molar-refractivity contribution in [2.45, 2.75) is 18.9 Å². The largest absolute Gasteiger partial charge is 0.507 e. The molecule has 1 spiro atoms. The molecule has 1 aliphatic heterocycles. The zero-order valence-corrected chi connectivity index (χ0v) is 20.2. The molecule has 2 atom stereocenters. The van der Waals surface area contributed by atoms with E-state index >= 15 is 0 Å². The van der Waals surface area contributed by atoms with Gasteiger partial charge in [0.2, 0.25) is 11.4 Å². The van der Waals surface area contributed by atoms with Gasteiger partial charge in [0.15, 0.2) is 17.3 Å². The van der Waals surface area contributed by atoms with Crippen molar-refractivity contribution >= 4 is 46.0 Å². The Labute approximate surface area is 209 Å². The number of rotatable bonds is 4. The highest BCUT2D eigenvalue weighted by Crippen LogP contribution is 2.54. The van der Waals surface area contributed by atoms with Crippen LogP contribution < -0.4 is 19.8 Å². The molecule has 1 aromatic heterocycles. The van der Waals surface area contributed by atoms with E-state index in [2.05, 4.69) is 4.99 Å². The minimum Gasteiger partial charge on any atom is -0.507 e. The number of ether oxygens (including phenoxy) is 3. The van der Waals surface area contributed by atoms with Gasteiger partial charge >= 0.3 is 5.63 Å². The fourth-order valence-corrected chi connectivity index (χ4v) is 4.86. The molecule has 1 N–H and O–H groups in total. The predicted octanol–water partition coefficient (Wildman–Crippen LogP) is 4.60. The van der Waals surface area contributed by atoms with Crippen molar-refractivity contribution in [3.8, 4) is 17.2 Å². The Bertz CT molecular complexity index is 1570. The maximum absolute atomic E-state index is 13.7. The van der Waals surface area contributed by atoms with Crippen LogP contribution >= 0.6 is 11.6 Å². The quantitative estimate of drug-likeness (QED) is 0.399. The molecule has 0 bridgehead atoms. The van der Waals surface area contributed by atoms with E-state index in [4.69, 9.17) is 30.2 Å². The summed E-state index contributed by atoms with van der Waals surface area (Å²) in [6.45, 7) is 1.64. The van der Waals surface area contributed by atoms with Crippen molar-refractivity contribution in [3.63, 3.8) is 0 Å². The van der Waals surface area contributed by atoms with Crippen LogP contribution in [0.3, 0.4) is 0 Å².